The van der Waals surface area contributed by atoms with Crippen molar-refractivity contribution in [3.63, 3.8) is 0 Å². The SMILES string of the molecule is CC(C)(C)[Si](C)(C)O[C@H]1C[C@H](c2ccc([N+](=O)[O-])cc2F)CCC1=O. The molecule has 0 saturated heterocycles. The number of carbonyl (C=O) groups is 1. The lowest BCUT2D eigenvalue weighted by Gasteiger charge is -2.41. The predicted molar refractivity (Wildman–Crippen MR) is 96.7 cm³/mol. The second-order valence-corrected chi connectivity index (χ2v) is 13.0. The number of ketones is 1. The largest absolute Gasteiger partial charge is 0.407 e. The molecule has 1 fully saturated rings. The highest BCUT2D eigenvalue weighted by Gasteiger charge is 2.42. The second kappa shape index (κ2) is 6.95. The zero-order valence-electron chi connectivity index (χ0n) is 15.5. The molecule has 2 rings (SSSR count). The Morgan fingerprint density at radius 1 is 1.32 bits per heavy atom. The molecule has 1 aliphatic carbocycles. The molecular weight excluding hydrogens is 341 g/mol. The Balaban J connectivity index is 2.20. The van der Waals surface area contributed by atoms with E-state index in [4.69, 9.17) is 4.43 Å². The van der Waals surface area contributed by atoms with E-state index < -0.39 is 25.2 Å². The Morgan fingerprint density at radius 3 is 2.48 bits per heavy atom. The monoisotopic (exact) mass is 367 g/mol. The molecule has 138 valence electrons. The van der Waals surface area contributed by atoms with Crippen LogP contribution in [0.2, 0.25) is 18.1 Å². The van der Waals surface area contributed by atoms with Crippen LogP contribution in [-0.2, 0) is 9.22 Å². The molecule has 25 heavy (non-hydrogen) atoms. The molecule has 1 aromatic rings. The molecule has 0 bridgehead atoms. The number of hydrogen-bond acceptors (Lipinski definition) is 4. The van der Waals surface area contributed by atoms with Gasteiger partial charge in [0.25, 0.3) is 5.69 Å². The highest BCUT2D eigenvalue weighted by molar-refractivity contribution is 6.74. The molecule has 1 aromatic carbocycles. The van der Waals surface area contributed by atoms with Gasteiger partial charge in [0, 0.05) is 12.5 Å². The fourth-order valence-electron chi connectivity index (χ4n) is 2.87. The third-order valence-electron chi connectivity index (χ3n) is 5.47. The summed E-state index contributed by atoms with van der Waals surface area (Å²) in [4.78, 5) is 22.5. The second-order valence-electron chi connectivity index (χ2n) is 8.27. The maximum absolute atomic E-state index is 14.3. The molecule has 0 spiro atoms. The molecule has 1 saturated carbocycles. The molecule has 5 nitrogen and oxygen atoms in total. The first-order valence-corrected chi connectivity index (χ1v) is 11.5. The van der Waals surface area contributed by atoms with Gasteiger partial charge in [-0.2, -0.15) is 0 Å². The van der Waals surface area contributed by atoms with Gasteiger partial charge < -0.3 is 4.43 Å². The summed E-state index contributed by atoms with van der Waals surface area (Å²) in [6, 6.07) is 3.74. The maximum Gasteiger partial charge on any atom is 0.272 e. The number of benzene rings is 1. The smallest absolute Gasteiger partial charge is 0.272 e. The van der Waals surface area contributed by atoms with Gasteiger partial charge in [-0.25, -0.2) is 4.39 Å². The molecule has 0 unspecified atom stereocenters. The van der Waals surface area contributed by atoms with Crippen molar-refractivity contribution >= 4 is 19.8 Å². The molecule has 0 N–H and O–H groups in total. The Bertz CT molecular complexity index is 684. The van der Waals surface area contributed by atoms with Crippen LogP contribution in [0.15, 0.2) is 18.2 Å². The molecule has 0 heterocycles. The van der Waals surface area contributed by atoms with E-state index in [-0.39, 0.29) is 22.4 Å². The fraction of sp³-hybridized carbons (Fsp3) is 0.611. The number of non-ortho nitro benzene ring substituents is 1. The topological polar surface area (TPSA) is 69.4 Å². The first-order chi connectivity index (χ1) is 11.4. The Kier molecular flexibility index (Phi) is 5.49. The number of Topliss-reactive ketones (excluding diaryl/α,β-unsaturated/α-hetero) is 1. The van der Waals surface area contributed by atoms with Crippen molar-refractivity contribution in [3.8, 4) is 0 Å². The highest BCUT2D eigenvalue weighted by Crippen LogP contribution is 2.41. The van der Waals surface area contributed by atoms with Gasteiger partial charge in [0.05, 0.1) is 11.0 Å². The molecule has 1 aliphatic rings. The first kappa shape index (κ1) is 19.7. The van der Waals surface area contributed by atoms with E-state index in [9.17, 15) is 19.3 Å². The normalized spacial score (nSPS) is 22.1. The summed E-state index contributed by atoms with van der Waals surface area (Å²) in [6.07, 6.45) is 0.806. The van der Waals surface area contributed by atoms with Gasteiger partial charge in [-0.05, 0) is 48.5 Å². The van der Waals surface area contributed by atoms with Gasteiger partial charge in [-0.1, -0.05) is 20.8 Å². The van der Waals surface area contributed by atoms with Crippen LogP contribution >= 0.6 is 0 Å². The lowest BCUT2D eigenvalue weighted by atomic mass is 9.81. The average molecular weight is 367 g/mol. The summed E-state index contributed by atoms with van der Waals surface area (Å²) >= 11 is 0. The minimum Gasteiger partial charge on any atom is -0.407 e. The predicted octanol–water partition coefficient (Wildman–Crippen LogP) is 4.96. The third kappa shape index (κ3) is 4.33. The van der Waals surface area contributed by atoms with Crippen molar-refractivity contribution in [1.82, 2.24) is 0 Å². The third-order valence-corrected chi connectivity index (χ3v) is 9.96. The highest BCUT2D eigenvalue weighted by atomic mass is 28.4. The number of nitro groups is 1. The van der Waals surface area contributed by atoms with Crippen LogP contribution in [0.1, 0.15) is 51.5 Å². The summed E-state index contributed by atoms with van der Waals surface area (Å²) in [5.74, 6) is -0.670. The van der Waals surface area contributed by atoms with Gasteiger partial charge in [-0.15, -0.1) is 0 Å². The van der Waals surface area contributed by atoms with Gasteiger partial charge in [0.2, 0.25) is 0 Å². The van der Waals surface area contributed by atoms with E-state index in [0.717, 1.165) is 6.07 Å². The molecule has 2 atom stereocenters. The lowest BCUT2D eigenvalue weighted by molar-refractivity contribution is -0.385. The van der Waals surface area contributed by atoms with Crippen LogP contribution in [0.25, 0.3) is 0 Å². The van der Waals surface area contributed by atoms with E-state index in [2.05, 4.69) is 33.9 Å². The Hall–Kier alpha value is -1.60. The Labute approximate surface area is 148 Å². The van der Waals surface area contributed by atoms with Crippen LogP contribution in [0.4, 0.5) is 10.1 Å². The summed E-state index contributed by atoms with van der Waals surface area (Å²) in [7, 11) is -2.11. The van der Waals surface area contributed by atoms with E-state index >= 15 is 0 Å². The van der Waals surface area contributed by atoms with Gasteiger partial charge in [0.1, 0.15) is 11.9 Å². The van der Waals surface area contributed by atoms with Crippen molar-refractivity contribution in [2.24, 2.45) is 0 Å². The van der Waals surface area contributed by atoms with Crippen molar-refractivity contribution in [1.29, 1.82) is 0 Å². The van der Waals surface area contributed by atoms with E-state index in [1.54, 1.807) is 0 Å². The minimum absolute atomic E-state index is 0.0150. The van der Waals surface area contributed by atoms with Crippen LogP contribution in [0.3, 0.4) is 0 Å². The standard InChI is InChI=1S/C18H26FNO4Si/c1-18(2,3)25(4,5)24-17-10-12(6-9-16(17)21)14-8-7-13(20(22)23)11-15(14)19/h7-8,11-12,17H,6,9-10H2,1-5H3/t12-,17+/m1/s1. The summed E-state index contributed by atoms with van der Waals surface area (Å²) in [6.45, 7) is 10.5. The fourth-order valence-corrected chi connectivity index (χ4v) is 4.17. The van der Waals surface area contributed by atoms with E-state index in [0.29, 0.717) is 24.8 Å². The zero-order valence-corrected chi connectivity index (χ0v) is 16.5. The number of nitrogens with zero attached hydrogens (tertiary/aromatic N) is 1. The minimum atomic E-state index is -2.11. The summed E-state index contributed by atoms with van der Waals surface area (Å²) < 4.78 is 20.6. The van der Waals surface area contributed by atoms with Gasteiger partial charge in [-0.3, -0.25) is 14.9 Å². The molecule has 0 aromatic heterocycles. The molecule has 0 amide bonds. The van der Waals surface area contributed by atoms with Crippen molar-refractivity contribution < 1.29 is 18.5 Å². The number of halogens is 1. The number of hydrogen-bond donors (Lipinski definition) is 0. The summed E-state index contributed by atoms with van der Waals surface area (Å²) in [5, 5.41) is 10.8. The van der Waals surface area contributed by atoms with E-state index in [1.807, 2.05) is 0 Å². The molecule has 0 radical (unpaired) electrons. The van der Waals surface area contributed by atoms with Gasteiger partial charge in [0.15, 0.2) is 14.1 Å². The van der Waals surface area contributed by atoms with Crippen molar-refractivity contribution in [2.45, 2.75) is 70.2 Å². The quantitative estimate of drug-likeness (QED) is 0.428. The van der Waals surface area contributed by atoms with Crippen LogP contribution in [0, 0.1) is 15.9 Å². The van der Waals surface area contributed by atoms with Crippen LogP contribution in [0.5, 0.6) is 0 Å². The Morgan fingerprint density at radius 2 is 1.96 bits per heavy atom. The van der Waals surface area contributed by atoms with Crippen molar-refractivity contribution in [3.05, 3.63) is 39.7 Å². The number of nitro benzene ring substituents is 1. The molecule has 7 heteroatoms. The van der Waals surface area contributed by atoms with Gasteiger partial charge >= 0.3 is 0 Å². The average Bonchev–Trinajstić information content (AvgIpc) is 2.48. The molecule has 0 aliphatic heterocycles. The number of rotatable bonds is 4. The lowest BCUT2D eigenvalue weighted by Crippen LogP contribution is -2.47. The zero-order chi connectivity index (χ0) is 19.0. The summed E-state index contributed by atoms with van der Waals surface area (Å²) in [5.41, 5.74) is 0.171. The van der Waals surface area contributed by atoms with Crippen molar-refractivity contribution in [2.75, 3.05) is 0 Å². The number of carbonyl (C=O) groups excluding carboxylic acids is 1. The van der Waals surface area contributed by atoms with Crippen LogP contribution in [-0.4, -0.2) is 25.1 Å². The van der Waals surface area contributed by atoms with Crippen LogP contribution < -0.4 is 0 Å². The maximum atomic E-state index is 14.3. The van der Waals surface area contributed by atoms with E-state index in [1.165, 1.54) is 12.1 Å². The molecular formula is C18H26FNO4Si. The first-order valence-electron chi connectivity index (χ1n) is 8.57.